The first-order valence-electron chi connectivity index (χ1n) is 9.00. The number of phenols is 1. The van der Waals surface area contributed by atoms with Gasteiger partial charge in [-0.2, -0.15) is 0 Å². The molecule has 0 spiro atoms. The van der Waals surface area contributed by atoms with E-state index in [2.05, 4.69) is 43.3 Å². The average molecular weight is 392 g/mol. The molecular weight excluding hydrogens is 362 g/mol. The van der Waals surface area contributed by atoms with Crippen molar-refractivity contribution in [3.63, 3.8) is 0 Å². The summed E-state index contributed by atoms with van der Waals surface area (Å²) in [5.41, 5.74) is 3.82. The largest absolute Gasteiger partial charge is 0.508 e. The molecule has 24 heavy (non-hydrogen) atoms. The van der Waals surface area contributed by atoms with Gasteiger partial charge in [0.05, 0.1) is 0 Å². The van der Waals surface area contributed by atoms with Gasteiger partial charge in [-0.3, -0.25) is 0 Å². The molecule has 3 rings (SSSR count). The molecule has 1 aromatic carbocycles. The molecule has 1 aliphatic heterocycles. The third-order valence-corrected chi connectivity index (χ3v) is 5.44. The van der Waals surface area contributed by atoms with Crippen LogP contribution in [0.15, 0.2) is 42.1 Å². The Balaban J connectivity index is 0.00000208. The number of phenolic OH excluding ortho intramolecular Hbond substituents is 1. The zero-order valence-corrected chi connectivity index (χ0v) is 16.6. The van der Waals surface area contributed by atoms with Gasteiger partial charge in [0.1, 0.15) is 5.75 Å². The summed E-state index contributed by atoms with van der Waals surface area (Å²) in [6, 6.07) is 6.08. The minimum atomic E-state index is 0. The van der Waals surface area contributed by atoms with Crippen LogP contribution in [-0.2, 0) is 0 Å². The van der Waals surface area contributed by atoms with Crippen molar-refractivity contribution in [1.82, 2.24) is 4.90 Å². The van der Waals surface area contributed by atoms with Gasteiger partial charge in [0.25, 0.3) is 0 Å². The number of likely N-dealkylation sites (N-methyl/N-ethyl adjacent to an activating group) is 1. The highest BCUT2D eigenvalue weighted by molar-refractivity contribution is 8.93. The van der Waals surface area contributed by atoms with Crippen molar-refractivity contribution in [2.45, 2.75) is 51.4 Å². The number of benzene rings is 1. The summed E-state index contributed by atoms with van der Waals surface area (Å²) in [4.78, 5) is 2.20. The number of aryl methyl sites for hydroxylation is 1. The summed E-state index contributed by atoms with van der Waals surface area (Å²) in [7, 11) is 2.11. The minimum Gasteiger partial charge on any atom is -0.508 e. The van der Waals surface area contributed by atoms with E-state index in [-0.39, 0.29) is 17.0 Å². The Morgan fingerprint density at radius 3 is 2.62 bits per heavy atom. The van der Waals surface area contributed by atoms with Crippen LogP contribution in [0.25, 0.3) is 0 Å². The molecule has 1 aromatic rings. The van der Waals surface area contributed by atoms with E-state index >= 15 is 0 Å². The highest BCUT2D eigenvalue weighted by Crippen LogP contribution is 2.43. The van der Waals surface area contributed by atoms with Crippen LogP contribution in [0.5, 0.6) is 5.75 Å². The lowest BCUT2D eigenvalue weighted by molar-refractivity contribution is 0.297. The average Bonchev–Trinajstić information content (AvgIpc) is 2.57. The Labute approximate surface area is 157 Å². The quantitative estimate of drug-likeness (QED) is 0.709. The molecule has 1 atom stereocenters. The van der Waals surface area contributed by atoms with Crippen molar-refractivity contribution in [2.24, 2.45) is 5.92 Å². The number of rotatable bonds is 4. The maximum Gasteiger partial charge on any atom is 0.119 e. The van der Waals surface area contributed by atoms with Gasteiger partial charge in [0.2, 0.25) is 0 Å². The predicted molar refractivity (Wildman–Crippen MR) is 107 cm³/mol. The van der Waals surface area contributed by atoms with Crippen molar-refractivity contribution in [1.29, 1.82) is 0 Å². The maximum absolute atomic E-state index is 10.5. The van der Waals surface area contributed by atoms with E-state index in [4.69, 9.17) is 0 Å². The molecule has 1 fully saturated rings. The molecule has 0 saturated heterocycles. The number of allylic oxidation sites excluding steroid dienone is 2. The van der Waals surface area contributed by atoms with Crippen LogP contribution in [0, 0.1) is 12.8 Å². The van der Waals surface area contributed by atoms with Gasteiger partial charge in [-0.1, -0.05) is 43.0 Å². The zero-order chi connectivity index (χ0) is 16.2. The first-order valence-corrected chi connectivity index (χ1v) is 9.00. The number of hydrogen-bond donors (Lipinski definition) is 1. The molecule has 1 N–H and O–H groups in total. The van der Waals surface area contributed by atoms with Gasteiger partial charge >= 0.3 is 0 Å². The minimum absolute atomic E-state index is 0. The molecule has 0 aromatic heterocycles. The van der Waals surface area contributed by atoms with E-state index in [1.807, 2.05) is 12.1 Å². The Morgan fingerprint density at radius 2 is 1.96 bits per heavy atom. The molecule has 0 amide bonds. The van der Waals surface area contributed by atoms with Crippen LogP contribution in [-0.4, -0.2) is 23.6 Å². The third-order valence-electron chi connectivity index (χ3n) is 5.44. The highest BCUT2D eigenvalue weighted by Gasteiger charge is 2.27. The summed E-state index contributed by atoms with van der Waals surface area (Å²) in [5.74, 6) is 1.61. The second kappa shape index (κ2) is 8.75. The normalized spacial score (nSPS) is 19.6. The summed E-state index contributed by atoms with van der Waals surface area (Å²) in [6.07, 6.45) is 14.4. The molecule has 0 bridgehead atoms. The van der Waals surface area contributed by atoms with E-state index in [1.54, 1.807) is 0 Å². The van der Waals surface area contributed by atoms with Gasteiger partial charge in [0, 0.05) is 13.6 Å². The van der Waals surface area contributed by atoms with E-state index in [0.29, 0.717) is 17.6 Å². The zero-order valence-electron chi connectivity index (χ0n) is 14.9. The second-order valence-corrected chi connectivity index (χ2v) is 7.31. The molecule has 1 unspecified atom stereocenters. The molecular formula is C21H30BrNO. The predicted octanol–water partition coefficient (Wildman–Crippen LogP) is 5.72. The van der Waals surface area contributed by atoms with Crippen LogP contribution in [0.4, 0.5) is 0 Å². The fraction of sp³-hybridized carbons (Fsp3) is 0.524. The van der Waals surface area contributed by atoms with Crippen LogP contribution >= 0.6 is 17.0 Å². The first kappa shape index (κ1) is 19.1. The van der Waals surface area contributed by atoms with Gasteiger partial charge in [0.15, 0.2) is 0 Å². The van der Waals surface area contributed by atoms with Gasteiger partial charge < -0.3 is 10.0 Å². The van der Waals surface area contributed by atoms with Crippen LogP contribution < -0.4 is 0 Å². The second-order valence-electron chi connectivity index (χ2n) is 7.31. The smallest absolute Gasteiger partial charge is 0.119 e. The lowest BCUT2D eigenvalue weighted by atomic mass is 9.73. The number of hydrogen-bond acceptors (Lipinski definition) is 2. The monoisotopic (exact) mass is 391 g/mol. The Morgan fingerprint density at radius 1 is 1.21 bits per heavy atom. The standard InChI is InChI=1S/C21H29NO.BrH/c1-16-8-9-21(23)20(14-16)19(18-6-4-3-5-7-18)15-17-10-12-22(2)13-11-17;/h8-12,14,18-19,23H,3-7,13,15H2,1-2H3;1H. The highest BCUT2D eigenvalue weighted by atomic mass is 79.9. The maximum atomic E-state index is 10.5. The summed E-state index contributed by atoms with van der Waals surface area (Å²) < 4.78 is 0. The third kappa shape index (κ3) is 4.66. The van der Waals surface area contributed by atoms with E-state index in [0.717, 1.165) is 18.5 Å². The summed E-state index contributed by atoms with van der Waals surface area (Å²) >= 11 is 0. The lowest BCUT2D eigenvalue weighted by Gasteiger charge is -2.32. The van der Waals surface area contributed by atoms with Crippen LogP contribution in [0.2, 0.25) is 0 Å². The first-order chi connectivity index (χ1) is 11.1. The van der Waals surface area contributed by atoms with Gasteiger partial charge in [-0.15, -0.1) is 17.0 Å². The molecule has 1 heterocycles. The molecule has 132 valence electrons. The fourth-order valence-electron chi connectivity index (χ4n) is 4.06. The SMILES string of the molecule is Br.Cc1ccc(O)c(C(CC2=CCN(C)C=C2)C2CCCCC2)c1. The van der Waals surface area contributed by atoms with Crippen molar-refractivity contribution >= 4 is 17.0 Å². The fourth-order valence-corrected chi connectivity index (χ4v) is 4.06. The van der Waals surface area contributed by atoms with Crippen molar-refractivity contribution in [3.05, 3.63) is 53.3 Å². The molecule has 0 radical (unpaired) electrons. The number of nitrogens with zero attached hydrogens (tertiary/aromatic N) is 1. The van der Waals surface area contributed by atoms with Crippen molar-refractivity contribution in [3.8, 4) is 5.75 Å². The molecule has 2 aliphatic rings. The lowest BCUT2D eigenvalue weighted by Crippen LogP contribution is -2.19. The van der Waals surface area contributed by atoms with Crippen LogP contribution in [0.3, 0.4) is 0 Å². The summed E-state index contributed by atoms with van der Waals surface area (Å²) in [6.45, 7) is 3.11. The molecule has 1 saturated carbocycles. The number of aromatic hydroxyl groups is 1. The Bertz CT molecular complexity index is 602. The van der Waals surface area contributed by atoms with E-state index in [9.17, 15) is 5.11 Å². The van der Waals surface area contributed by atoms with E-state index in [1.165, 1.54) is 43.2 Å². The van der Waals surface area contributed by atoms with Gasteiger partial charge in [-0.25, -0.2) is 0 Å². The molecule has 1 aliphatic carbocycles. The number of halogens is 1. The topological polar surface area (TPSA) is 23.5 Å². The Hall–Kier alpha value is -1.22. The van der Waals surface area contributed by atoms with Crippen LogP contribution in [0.1, 0.15) is 55.6 Å². The molecule has 3 heteroatoms. The van der Waals surface area contributed by atoms with E-state index < -0.39 is 0 Å². The Kier molecular flexibility index (Phi) is 6.97. The summed E-state index contributed by atoms with van der Waals surface area (Å²) in [5, 5.41) is 10.5. The van der Waals surface area contributed by atoms with Crippen molar-refractivity contribution < 1.29 is 5.11 Å². The molecule has 2 nitrogen and oxygen atoms in total. The van der Waals surface area contributed by atoms with Gasteiger partial charge in [-0.05, 0) is 67.5 Å². The van der Waals surface area contributed by atoms with Crippen molar-refractivity contribution in [2.75, 3.05) is 13.6 Å².